The van der Waals surface area contributed by atoms with Crippen molar-refractivity contribution in [2.45, 2.75) is 12.7 Å². The molecule has 0 aliphatic carbocycles. The average Bonchev–Trinajstić information content (AvgIpc) is 2.61. The third-order valence-corrected chi connectivity index (χ3v) is 4.63. The standard InChI is InChI=1S/C17H22N4OS/c1-2-23-12-15-11-16(21-7-9-22-10-8-21)20-17(19-15)13-3-5-14(18)6-4-13/h3-6,11H,2,7-10,12,18H2,1H3. The van der Waals surface area contributed by atoms with E-state index in [4.69, 9.17) is 20.4 Å². The number of morpholine rings is 1. The van der Waals surface area contributed by atoms with E-state index in [9.17, 15) is 0 Å². The van der Waals surface area contributed by atoms with Crippen LogP contribution in [0.15, 0.2) is 30.3 Å². The van der Waals surface area contributed by atoms with Crippen molar-refractivity contribution in [1.82, 2.24) is 9.97 Å². The highest BCUT2D eigenvalue weighted by Gasteiger charge is 2.15. The molecule has 6 heteroatoms. The van der Waals surface area contributed by atoms with Gasteiger partial charge in [0.25, 0.3) is 0 Å². The zero-order valence-corrected chi connectivity index (χ0v) is 14.2. The number of rotatable bonds is 5. The van der Waals surface area contributed by atoms with Gasteiger partial charge in [-0.2, -0.15) is 11.8 Å². The van der Waals surface area contributed by atoms with Gasteiger partial charge in [0.1, 0.15) is 5.82 Å². The lowest BCUT2D eigenvalue weighted by Crippen LogP contribution is -2.37. The van der Waals surface area contributed by atoms with E-state index < -0.39 is 0 Å². The third kappa shape index (κ3) is 4.14. The summed E-state index contributed by atoms with van der Waals surface area (Å²) >= 11 is 1.87. The number of aromatic nitrogens is 2. The molecular formula is C17H22N4OS. The first kappa shape index (κ1) is 16.1. The van der Waals surface area contributed by atoms with Gasteiger partial charge in [0, 0.05) is 36.2 Å². The molecule has 0 amide bonds. The molecule has 1 aromatic heterocycles. The van der Waals surface area contributed by atoms with Crippen LogP contribution in [0.2, 0.25) is 0 Å². The van der Waals surface area contributed by atoms with Gasteiger partial charge < -0.3 is 15.4 Å². The minimum absolute atomic E-state index is 0.750. The van der Waals surface area contributed by atoms with Crippen LogP contribution in [-0.2, 0) is 10.5 Å². The average molecular weight is 330 g/mol. The van der Waals surface area contributed by atoms with Crippen LogP contribution in [0.5, 0.6) is 0 Å². The van der Waals surface area contributed by atoms with Crippen molar-refractivity contribution in [3.05, 3.63) is 36.0 Å². The van der Waals surface area contributed by atoms with Gasteiger partial charge in [0.05, 0.1) is 18.9 Å². The van der Waals surface area contributed by atoms with Gasteiger partial charge in [-0.15, -0.1) is 0 Å². The quantitative estimate of drug-likeness (QED) is 0.851. The summed E-state index contributed by atoms with van der Waals surface area (Å²) in [6.45, 7) is 5.41. The Labute approximate surface area is 141 Å². The molecule has 1 aliphatic heterocycles. The summed E-state index contributed by atoms with van der Waals surface area (Å²) in [7, 11) is 0. The normalized spacial score (nSPS) is 14.9. The van der Waals surface area contributed by atoms with Gasteiger partial charge in [0.15, 0.2) is 5.82 Å². The SMILES string of the molecule is CCSCc1cc(N2CCOCC2)nc(-c2ccc(N)cc2)n1. The summed E-state index contributed by atoms with van der Waals surface area (Å²) in [5, 5.41) is 0. The first-order valence-electron chi connectivity index (χ1n) is 7.90. The van der Waals surface area contributed by atoms with E-state index in [0.717, 1.165) is 66.4 Å². The second-order valence-electron chi connectivity index (χ2n) is 5.40. The molecule has 122 valence electrons. The number of hydrogen-bond donors (Lipinski definition) is 1. The summed E-state index contributed by atoms with van der Waals surface area (Å²) < 4.78 is 5.44. The Hall–Kier alpha value is -1.79. The fourth-order valence-electron chi connectivity index (χ4n) is 2.48. The molecule has 0 radical (unpaired) electrons. The summed E-state index contributed by atoms with van der Waals surface area (Å²) in [4.78, 5) is 11.8. The molecule has 1 saturated heterocycles. The first-order valence-corrected chi connectivity index (χ1v) is 9.06. The monoisotopic (exact) mass is 330 g/mol. The fourth-order valence-corrected chi connectivity index (χ4v) is 3.04. The molecule has 1 aromatic carbocycles. The lowest BCUT2D eigenvalue weighted by atomic mass is 10.2. The highest BCUT2D eigenvalue weighted by atomic mass is 32.2. The van der Waals surface area contributed by atoms with Gasteiger partial charge in [-0.05, 0) is 30.0 Å². The van der Waals surface area contributed by atoms with Gasteiger partial charge in [-0.1, -0.05) is 6.92 Å². The minimum atomic E-state index is 0.750. The predicted octanol–water partition coefficient (Wildman–Crippen LogP) is 2.82. The zero-order valence-electron chi connectivity index (χ0n) is 13.4. The number of nitrogen functional groups attached to an aromatic ring is 1. The molecule has 0 atom stereocenters. The molecule has 23 heavy (non-hydrogen) atoms. The lowest BCUT2D eigenvalue weighted by Gasteiger charge is -2.28. The number of nitrogens with two attached hydrogens (primary N) is 1. The smallest absolute Gasteiger partial charge is 0.161 e. The van der Waals surface area contributed by atoms with Crippen LogP contribution in [0.3, 0.4) is 0 Å². The van der Waals surface area contributed by atoms with E-state index in [1.165, 1.54) is 0 Å². The molecule has 1 fully saturated rings. The van der Waals surface area contributed by atoms with Gasteiger partial charge in [-0.25, -0.2) is 9.97 Å². The van der Waals surface area contributed by atoms with E-state index in [2.05, 4.69) is 17.9 Å². The molecule has 0 unspecified atom stereocenters. The topological polar surface area (TPSA) is 64.3 Å². The van der Waals surface area contributed by atoms with E-state index >= 15 is 0 Å². The molecule has 1 aliphatic rings. The maximum Gasteiger partial charge on any atom is 0.161 e. The van der Waals surface area contributed by atoms with Crippen LogP contribution in [0.25, 0.3) is 11.4 Å². The van der Waals surface area contributed by atoms with Crippen molar-refractivity contribution < 1.29 is 4.74 Å². The Kier molecular flexibility index (Phi) is 5.35. The Morgan fingerprint density at radius 3 is 2.61 bits per heavy atom. The number of thioether (sulfide) groups is 1. The van der Waals surface area contributed by atoms with E-state index in [1.807, 2.05) is 36.0 Å². The third-order valence-electron chi connectivity index (χ3n) is 3.72. The van der Waals surface area contributed by atoms with Crippen molar-refractivity contribution >= 4 is 23.3 Å². The fraction of sp³-hybridized carbons (Fsp3) is 0.412. The summed E-state index contributed by atoms with van der Waals surface area (Å²) in [6, 6.07) is 9.84. The highest BCUT2D eigenvalue weighted by Crippen LogP contribution is 2.23. The molecular weight excluding hydrogens is 308 g/mol. The first-order chi connectivity index (χ1) is 11.3. The van der Waals surface area contributed by atoms with Gasteiger partial charge in [-0.3, -0.25) is 0 Å². The van der Waals surface area contributed by atoms with Crippen molar-refractivity contribution in [2.24, 2.45) is 0 Å². The van der Waals surface area contributed by atoms with Gasteiger partial charge in [0.2, 0.25) is 0 Å². The van der Waals surface area contributed by atoms with Gasteiger partial charge >= 0.3 is 0 Å². The number of benzene rings is 1. The Balaban J connectivity index is 1.94. The Morgan fingerprint density at radius 1 is 1.17 bits per heavy atom. The van der Waals surface area contributed by atoms with E-state index in [1.54, 1.807) is 0 Å². The van der Waals surface area contributed by atoms with Crippen LogP contribution in [0.1, 0.15) is 12.6 Å². The largest absolute Gasteiger partial charge is 0.399 e. The van der Waals surface area contributed by atoms with Crippen molar-refractivity contribution in [1.29, 1.82) is 0 Å². The maximum atomic E-state index is 5.78. The maximum absolute atomic E-state index is 5.78. The number of anilines is 2. The zero-order chi connectivity index (χ0) is 16.1. The molecule has 0 bridgehead atoms. The number of ether oxygens (including phenoxy) is 1. The number of nitrogens with zero attached hydrogens (tertiary/aromatic N) is 3. The Bertz CT molecular complexity index is 642. The van der Waals surface area contributed by atoms with Crippen molar-refractivity contribution in [3.8, 4) is 11.4 Å². The van der Waals surface area contributed by atoms with Crippen LogP contribution in [-0.4, -0.2) is 42.0 Å². The second-order valence-corrected chi connectivity index (χ2v) is 6.67. The molecule has 0 saturated carbocycles. The van der Waals surface area contributed by atoms with E-state index in [-0.39, 0.29) is 0 Å². The number of hydrogen-bond acceptors (Lipinski definition) is 6. The molecule has 2 heterocycles. The molecule has 0 spiro atoms. The van der Waals surface area contributed by atoms with Crippen molar-refractivity contribution in [3.63, 3.8) is 0 Å². The van der Waals surface area contributed by atoms with Crippen LogP contribution in [0, 0.1) is 0 Å². The van der Waals surface area contributed by atoms with Crippen LogP contribution >= 0.6 is 11.8 Å². The molecule has 2 N–H and O–H groups in total. The summed E-state index contributed by atoms with van der Waals surface area (Å²) in [6.07, 6.45) is 0. The highest BCUT2D eigenvalue weighted by molar-refractivity contribution is 7.98. The predicted molar refractivity (Wildman–Crippen MR) is 96.7 cm³/mol. The second kappa shape index (κ2) is 7.66. The molecule has 3 rings (SSSR count). The van der Waals surface area contributed by atoms with Crippen LogP contribution in [0.4, 0.5) is 11.5 Å². The Morgan fingerprint density at radius 2 is 1.91 bits per heavy atom. The minimum Gasteiger partial charge on any atom is -0.399 e. The van der Waals surface area contributed by atoms with Crippen molar-refractivity contribution in [2.75, 3.05) is 42.7 Å². The lowest BCUT2D eigenvalue weighted by molar-refractivity contribution is 0.122. The van der Waals surface area contributed by atoms with E-state index in [0.29, 0.717) is 0 Å². The summed E-state index contributed by atoms with van der Waals surface area (Å²) in [5.74, 6) is 3.73. The van der Waals surface area contributed by atoms with Crippen LogP contribution < -0.4 is 10.6 Å². The molecule has 5 nitrogen and oxygen atoms in total. The summed E-state index contributed by atoms with van der Waals surface area (Å²) in [5.41, 5.74) is 8.60. The molecule has 2 aromatic rings.